The van der Waals surface area contributed by atoms with Crippen LogP contribution < -0.4 is 5.32 Å². The van der Waals surface area contributed by atoms with Crippen LogP contribution in [-0.4, -0.2) is 22.8 Å². The number of carbonyl (C=O) groups excluding carboxylic acids is 1. The molecule has 0 atom stereocenters. The second-order valence-corrected chi connectivity index (χ2v) is 6.51. The minimum atomic E-state index is -4.95. The number of carboxylic acid groups (broad SMARTS) is 1. The Morgan fingerprint density at radius 1 is 1.29 bits per heavy atom. The molecule has 1 aromatic heterocycles. The molecule has 0 unspecified atom stereocenters. The van der Waals surface area contributed by atoms with E-state index in [9.17, 15) is 22.8 Å². The molecular weight excluding hydrogens is 335 g/mol. The molecule has 0 saturated carbocycles. The van der Waals surface area contributed by atoms with Crippen molar-refractivity contribution in [1.82, 2.24) is 0 Å². The van der Waals surface area contributed by atoms with E-state index in [2.05, 4.69) is 0 Å². The first-order chi connectivity index (χ1) is 9.33. The maximum absolute atomic E-state index is 12.8. The van der Waals surface area contributed by atoms with Crippen LogP contribution >= 0.6 is 22.9 Å². The van der Waals surface area contributed by atoms with Crippen LogP contribution in [0.2, 0.25) is 4.34 Å². The molecule has 10 heteroatoms. The van der Waals surface area contributed by atoms with Crippen LogP contribution in [0, 0.1) is 0 Å². The lowest BCUT2D eigenvalue weighted by Gasteiger charge is -2.19. The number of amides is 1. The van der Waals surface area contributed by atoms with E-state index >= 15 is 0 Å². The van der Waals surface area contributed by atoms with Gasteiger partial charge in [-0.05, 0) is 20.8 Å². The van der Waals surface area contributed by atoms with E-state index in [4.69, 9.17) is 21.4 Å². The molecule has 118 valence electrons. The summed E-state index contributed by atoms with van der Waals surface area (Å²) in [5.41, 5.74) is -3.49. The Morgan fingerprint density at radius 3 is 2.19 bits per heavy atom. The SMILES string of the molecule is CC(C)(C)OC(=O)Nc1sc(Cl)c(C(F)(F)F)c1C(=O)O. The number of alkyl halides is 3. The van der Waals surface area contributed by atoms with Gasteiger partial charge in [0, 0.05) is 0 Å². The zero-order valence-electron chi connectivity index (χ0n) is 11.1. The van der Waals surface area contributed by atoms with Crippen molar-refractivity contribution in [1.29, 1.82) is 0 Å². The van der Waals surface area contributed by atoms with E-state index in [0.717, 1.165) is 0 Å². The smallest absolute Gasteiger partial charge is 0.419 e. The van der Waals surface area contributed by atoms with E-state index in [0.29, 0.717) is 11.3 Å². The number of hydrogen-bond donors (Lipinski definition) is 2. The number of nitrogens with one attached hydrogen (secondary N) is 1. The van der Waals surface area contributed by atoms with Gasteiger partial charge in [0.1, 0.15) is 26.1 Å². The highest BCUT2D eigenvalue weighted by Crippen LogP contribution is 2.46. The van der Waals surface area contributed by atoms with Gasteiger partial charge in [-0.25, -0.2) is 9.59 Å². The maximum Gasteiger partial charge on any atom is 0.419 e. The van der Waals surface area contributed by atoms with Gasteiger partial charge in [0.05, 0.1) is 0 Å². The first kappa shape index (κ1) is 17.6. The van der Waals surface area contributed by atoms with Crippen molar-refractivity contribution in [2.24, 2.45) is 0 Å². The Labute approximate surface area is 126 Å². The van der Waals surface area contributed by atoms with Gasteiger partial charge in [-0.3, -0.25) is 5.32 Å². The van der Waals surface area contributed by atoms with Crippen molar-refractivity contribution < 1.29 is 32.6 Å². The molecule has 0 aromatic carbocycles. The van der Waals surface area contributed by atoms with Crippen molar-refractivity contribution >= 4 is 40.0 Å². The Kier molecular flexibility index (Phi) is 4.79. The highest BCUT2D eigenvalue weighted by molar-refractivity contribution is 7.20. The van der Waals surface area contributed by atoms with E-state index in [1.54, 1.807) is 20.8 Å². The van der Waals surface area contributed by atoms with Crippen LogP contribution in [0.1, 0.15) is 36.7 Å². The van der Waals surface area contributed by atoms with Gasteiger partial charge < -0.3 is 9.84 Å². The monoisotopic (exact) mass is 345 g/mol. The number of anilines is 1. The van der Waals surface area contributed by atoms with Gasteiger partial charge in [-0.15, -0.1) is 11.3 Å². The van der Waals surface area contributed by atoms with Gasteiger partial charge in [-0.1, -0.05) is 11.6 Å². The Bertz CT molecular complexity index is 577. The van der Waals surface area contributed by atoms with E-state index in [1.165, 1.54) is 0 Å². The van der Waals surface area contributed by atoms with Crippen molar-refractivity contribution in [3.8, 4) is 0 Å². The fourth-order valence-corrected chi connectivity index (χ4v) is 2.70. The highest BCUT2D eigenvalue weighted by Gasteiger charge is 2.42. The molecule has 0 aliphatic carbocycles. The summed E-state index contributed by atoms with van der Waals surface area (Å²) in [4.78, 5) is 22.6. The van der Waals surface area contributed by atoms with Crippen LogP contribution in [0.4, 0.5) is 23.0 Å². The number of thiophene rings is 1. The van der Waals surface area contributed by atoms with E-state index in [-0.39, 0.29) is 0 Å². The van der Waals surface area contributed by atoms with Crippen LogP contribution in [0.25, 0.3) is 0 Å². The Balaban J connectivity index is 3.21. The predicted molar refractivity (Wildman–Crippen MR) is 71.1 cm³/mol. The van der Waals surface area contributed by atoms with Crippen molar-refractivity contribution in [3.63, 3.8) is 0 Å². The van der Waals surface area contributed by atoms with Gasteiger partial charge in [0.2, 0.25) is 0 Å². The first-order valence-electron chi connectivity index (χ1n) is 5.45. The molecule has 21 heavy (non-hydrogen) atoms. The lowest BCUT2D eigenvalue weighted by Crippen LogP contribution is -2.27. The van der Waals surface area contributed by atoms with Gasteiger partial charge >= 0.3 is 18.2 Å². The summed E-state index contributed by atoms with van der Waals surface area (Å²) < 4.78 is 42.5. The predicted octanol–water partition coefficient (Wildman–Crippen LogP) is 4.47. The number of rotatable bonds is 2. The fraction of sp³-hybridized carbons (Fsp3) is 0.455. The van der Waals surface area contributed by atoms with Gasteiger partial charge in [0.25, 0.3) is 0 Å². The number of carboxylic acids is 1. The van der Waals surface area contributed by atoms with Crippen LogP contribution in [0.3, 0.4) is 0 Å². The van der Waals surface area contributed by atoms with Gasteiger partial charge in [0.15, 0.2) is 0 Å². The molecule has 1 heterocycles. The normalized spacial score (nSPS) is 12.1. The third kappa shape index (κ3) is 4.50. The largest absolute Gasteiger partial charge is 0.478 e. The van der Waals surface area contributed by atoms with Crippen molar-refractivity contribution in [3.05, 3.63) is 15.5 Å². The molecule has 2 N–H and O–H groups in total. The minimum absolute atomic E-state index is 0.303. The molecule has 0 aliphatic rings. The molecule has 1 aromatic rings. The number of carbonyl (C=O) groups is 2. The summed E-state index contributed by atoms with van der Waals surface area (Å²) in [6.45, 7) is 4.65. The van der Waals surface area contributed by atoms with Crippen molar-refractivity contribution in [2.75, 3.05) is 5.32 Å². The van der Waals surface area contributed by atoms with Crippen LogP contribution in [0.5, 0.6) is 0 Å². The lowest BCUT2D eigenvalue weighted by molar-refractivity contribution is -0.137. The minimum Gasteiger partial charge on any atom is -0.478 e. The Morgan fingerprint density at radius 2 is 1.81 bits per heavy atom. The zero-order valence-corrected chi connectivity index (χ0v) is 12.7. The van der Waals surface area contributed by atoms with Crippen LogP contribution in [0.15, 0.2) is 0 Å². The summed E-state index contributed by atoms with van der Waals surface area (Å²) in [7, 11) is 0. The van der Waals surface area contributed by atoms with E-state index in [1.807, 2.05) is 5.32 Å². The average Bonchev–Trinajstić information content (AvgIpc) is 2.50. The summed E-state index contributed by atoms with van der Waals surface area (Å²) in [6.07, 6.45) is -6.02. The standard InChI is InChI=1S/C11H11ClF3NO4S/c1-10(2,3)20-9(19)16-7-4(8(17)18)5(6(12)21-7)11(13,14)15/h1-3H3,(H,16,19)(H,17,18). The number of halogens is 4. The molecule has 0 fully saturated rings. The Hall–Kier alpha value is -1.48. The average molecular weight is 346 g/mol. The molecule has 0 radical (unpaired) electrons. The number of hydrogen-bond acceptors (Lipinski definition) is 4. The summed E-state index contributed by atoms with van der Waals surface area (Å²) in [6, 6.07) is 0. The molecule has 0 spiro atoms. The van der Waals surface area contributed by atoms with E-state index < -0.39 is 44.3 Å². The molecule has 0 aliphatic heterocycles. The molecule has 0 bridgehead atoms. The molecule has 1 rings (SSSR count). The third-order valence-electron chi connectivity index (χ3n) is 1.98. The summed E-state index contributed by atoms with van der Waals surface area (Å²) >= 11 is 5.74. The second kappa shape index (κ2) is 5.72. The molecule has 0 saturated heterocycles. The number of aromatic carboxylic acids is 1. The van der Waals surface area contributed by atoms with Gasteiger partial charge in [-0.2, -0.15) is 13.2 Å². The van der Waals surface area contributed by atoms with Crippen molar-refractivity contribution in [2.45, 2.75) is 32.5 Å². The summed E-state index contributed by atoms with van der Waals surface area (Å²) in [5, 5.41) is 10.4. The summed E-state index contributed by atoms with van der Waals surface area (Å²) in [5.74, 6) is -1.85. The third-order valence-corrected chi connectivity index (χ3v) is 3.29. The lowest BCUT2D eigenvalue weighted by atomic mass is 10.2. The molecule has 5 nitrogen and oxygen atoms in total. The highest BCUT2D eigenvalue weighted by atomic mass is 35.5. The fourth-order valence-electron chi connectivity index (χ4n) is 1.35. The zero-order chi connectivity index (χ0) is 16.6. The second-order valence-electron chi connectivity index (χ2n) is 4.88. The maximum atomic E-state index is 12.8. The first-order valence-corrected chi connectivity index (χ1v) is 6.65. The van der Waals surface area contributed by atoms with Crippen LogP contribution in [-0.2, 0) is 10.9 Å². The molecular formula is C11H11ClF3NO4S. The topological polar surface area (TPSA) is 75.6 Å². The quantitative estimate of drug-likeness (QED) is 0.829. The number of ether oxygens (including phenoxy) is 1. The molecule has 1 amide bonds.